The van der Waals surface area contributed by atoms with Gasteiger partial charge in [0.25, 0.3) is 0 Å². The van der Waals surface area contributed by atoms with Crippen LogP contribution in [0.2, 0.25) is 0 Å². The first kappa shape index (κ1) is 15.1. The van der Waals surface area contributed by atoms with E-state index in [1.807, 2.05) is 19.2 Å². The lowest BCUT2D eigenvalue weighted by Crippen LogP contribution is -2.42. The number of benzene rings is 1. The first-order valence-electron chi connectivity index (χ1n) is 7.44. The van der Waals surface area contributed by atoms with Crippen molar-refractivity contribution in [1.82, 2.24) is 5.32 Å². The molecule has 1 aliphatic carbocycles. The summed E-state index contributed by atoms with van der Waals surface area (Å²) in [7, 11) is 3.67. The third kappa shape index (κ3) is 2.91. The van der Waals surface area contributed by atoms with Crippen LogP contribution < -0.4 is 15.0 Å². The van der Waals surface area contributed by atoms with Crippen LogP contribution in [0.15, 0.2) is 18.2 Å². The average Bonchev–Trinajstić information content (AvgIpc) is 2.43. The second-order valence-corrected chi connectivity index (χ2v) is 5.41. The Morgan fingerprint density at radius 2 is 2.20 bits per heavy atom. The van der Waals surface area contributed by atoms with Crippen LogP contribution in [-0.2, 0) is 0 Å². The maximum Gasteiger partial charge on any atom is 0.125 e. The molecule has 0 bridgehead atoms. The van der Waals surface area contributed by atoms with E-state index < -0.39 is 0 Å². The van der Waals surface area contributed by atoms with Crippen LogP contribution in [-0.4, -0.2) is 38.5 Å². The molecule has 1 unspecified atom stereocenters. The van der Waals surface area contributed by atoms with E-state index >= 15 is 0 Å². The number of aliphatic hydroxyl groups excluding tert-OH is 1. The summed E-state index contributed by atoms with van der Waals surface area (Å²) >= 11 is 0. The fourth-order valence-electron chi connectivity index (χ4n) is 2.85. The summed E-state index contributed by atoms with van der Waals surface area (Å²) < 4.78 is 5.54. The molecule has 112 valence electrons. The molecule has 0 saturated heterocycles. The van der Waals surface area contributed by atoms with Gasteiger partial charge in [-0.1, -0.05) is 6.07 Å². The molecule has 0 aromatic heterocycles. The Morgan fingerprint density at radius 1 is 1.45 bits per heavy atom. The molecule has 4 nitrogen and oxygen atoms in total. The highest BCUT2D eigenvalue weighted by molar-refractivity contribution is 5.61. The molecule has 1 aromatic rings. The third-order valence-electron chi connectivity index (χ3n) is 4.29. The maximum atomic E-state index is 9.39. The number of aliphatic hydroxyl groups is 1. The van der Waals surface area contributed by atoms with E-state index in [4.69, 9.17) is 4.74 Å². The van der Waals surface area contributed by atoms with Gasteiger partial charge < -0.3 is 20.1 Å². The SMILES string of the molecule is CNC(C)c1c(OC)cccc1N(CCO)C1CCC1. The van der Waals surface area contributed by atoms with Crippen LogP contribution >= 0.6 is 0 Å². The Bertz CT molecular complexity index is 432. The first-order valence-corrected chi connectivity index (χ1v) is 7.44. The van der Waals surface area contributed by atoms with Crippen molar-refractivity contribution < 1.29 is 9.84 Å². The van der Waals surface area contributed by atoms with Crippen molar-refractivity contribution in [2.24, 2.45) is 0 Å². The Labute approximate surface area is 121 Å². The minimum absolute atomic E-state index is 0.182. The number of anilines is 1. The largest absolute Gasteiger partial charge is 0.496 e. The van der Waals surface area contributed by atoms with Gasteiger partial charge in [0, 0.05) is 29.9 Å². The molecular weight excluding hydrogens is 252 g/mol. The third-order valence-corrected chi connectivity index (χ3v) is 4.29. The van der Waals surface area contributed by atoms with Crippen LogP contribution in [0.4, 0.5) is 5.69 Å². The number of ether oxygens (including phenoxy) is 1. The summed E-state index contributed by atoms with van der Waals surface area (Å²) in [5, 5.41) is 12.7. The smallest absolute Gasteiger partial charge is 0.125 e. The van der Waals surface area contributed by atoms with Crippen LogP contribution in [0.25, 0.3) is 0 Å². The molecule has 2 rings (SSSR count). The minimum Gasteiger partial charge on any atom is -0.496 e. The van der Waals surface area contributed by atoms with E-state index in [0.29, 0.717) is 12.6 Å². The van der Waals surface area contributed by atoms with Gasteiger partial charge in [-0.25, -0.2) is 0 Å². The molecule has 0 radical (unpaired) electrons. The minimum atomic E-state index is 0.182. The highest BCUT2D eigenvalue weighted by Crippen LogP contribution is 2.38. The van der Waals surface area contributed by atoms with Gasteiger partial charge in [0.2, 0.25) is 0 Å². The molecule has 1 fully saturated rings. The molecule has 1 aliphatic rings. The van der Waals surface area contributed by atoms with Crippen molar-refractivity contribution in [3.63, 3.8) is 0 Å². The molecule has 1 saturated carbocycles. The van der Waals surface area contributed by atoms with E-state index in [2.05, 4.69) is 23.2 Å². The van der Waals surface area contributed by atoms with Gasteiger partial charge in [0.15, 0.2) is 0 Å². The Balaban J connectivity index is 2.41. The standard InChI is InChI=1S/C16H26N2O2/c1-12(17-2)16-14(8-5-9-15(16)20-3)18(10-11-19)13-6-4-7-13/h5,8-9,12-13,17,19H,4,6-7,10-11H2,1-3H3. The Morgan fingerprint density at radius 3 is 2.70 bits per heavy atom. The fraction of sp³-hybridized carbons (Fsp3) is 0.625. The van der Waals surface area contributed by atoms with Gasteiger partial charge in [-0.05, 0) is 45.4 Å². The van der Waals surface area contributed by atoms with Crippen molar-refractivity contribution in [2.75, 3.05) is 32.2 Å². The first-order chi connectivity index (χ1) is 9.72. The lowest BCUT2D eigenvalue weighted by atomic mass is 9.90. The lowest BCUT2D eigenvalue weighted by molar-refractivity contribution is 0.283. The van der Waals surface area contributed by atoms with Gasteiger partial charge in [-0.2, -0.15) is 0 Å². The van der Waals surface area contributed by atoms with Gasteiger partial charge in [0.1, 0.15) is 5.75 Å². The average molecular weight is 278 g/mol. The van der Waals surface area contributed by atoms with Gasteiger partial charge in [0.05, 0.1) is 13.7 Å². The predicted octanol–water partition coefficient (Wildman–Crippen LogP) is 2.33. The van der Waals surface area contributed by atoms with Crippen LogP contribution in [0.1, 0.15) is 37.8 Å². The number of nitrogens with one attached hydrogen (secondary N) is 1. The number of hydrogen-bond donors (Lipinski definition) is 2. The quantitative estimate of drug-likeness (QED) is 0.803. The van der Waals surface area contributed by atoms with E-state index in [0.717, 1.165) is 5.75 Å². The molecule has 2 N–H and O–H groups in total. The van der Waals surface area contributed by atoms with E-state index in [1.54, 1.807) is 7.11 Å². The second-order valence-electron chi connectivity index (χ2n) is 5.41. The normalized spacial score (nSPS) is 16.6. The van der Waals surface area contributed by atoms with Gasteiger partial charge >= 0.3 is 0 Å². The molecule has 0 spiro atoms. The lowest BCUT2D eigenvalue weighted by Gasteiger charge is -2.40. The zero-order chi connectivity index (χ0) is 14.5. The monoisotopic (exact) mass is 278 g/mol. The highest BCUT2D eigenvalue weighted by atomic mass is 16.5. The molecule has 0 amide bonds. The zero-order valence-corrected chi connectivity index (χ0v) is 12.7. The van der Waals surface area contributed by atoms with Crippen LogP contribution in [0.3, 0.4) is 0 Å². The molecule has 0 aliphatic heterocycles. The van der Waals surface area contributed by atoms with E-state index in [-0.39, 0.29) is 12.6 Å². The topological polar surface area (TPSA) is 44.7 Å². The Hall–Kier alpha value is -1.26. The number of nitrogens with zero attached hydrogens (tertiary/aromatic N) is 1. The number of rotatable bonds is 7. The summed E-state index contributed by atoms with van der Waals surface area (Å²) in [6.07, 6.45) is 3.71. The zero-order valence-electron chi connectivity index (χ0n) is 12.7. The molecular formula is C16H26N2O2. The maximum absolute atomic E-state index is 9.39. The summed E-state index contributed by atoms with van der Waals surface area (Å²) in [6.45, 7) is 3.00. The van der Waals surface area contributed by atoms with Crippen LogP contribution in [0.5, 0.6) is 5.75 Å². The summed E-state index contributed by atoms with van der Waals surface area (Å²) in [6, 6.07) is 6.94. The highest BCUT2D eigenvalue weighted by Gasteiger charge is 2.28. The molecule has 0 heterocycles. The van der Waals surface area contributed by atoms with Crippen molar-refractivity contribution in [1.29, 1.82) is 0 Å². The second kappa shape index (κ2) is 6.95. The van der Waals surface area contributed by atoms with Crippen LogP contribution in [0, 0.1) is 0 Å². The van der Waals surface area contributed by atoms with Gasteiger partial charge in [-0.15, -0.1) is 0 Å². The van der Waals surface area contributed by atoms with Crippen molar-refractivity contribution in [2.45, 2.75) is 38.3 Å². The van der Waals surface area contributed by atoms with Crippen molar-refractivity contribution in [3.8, 4) is 5.75 Å². The number of hydrogen-bond acceptors (Lipinski definition) is 4. The van der Waals surface area contributed by atoms with Crippen molar-refractivity contribution in [3.05, 3.63) is 23.8 Å². The molecule has 4 heteroatoms. The summed E-state index contributed by atoms with van der Waals surface area (Å²) in [5.74, 6) is 0.909. The number of methoxy groups -OCH3 is 1. The van der Waals surface area contributed by atoms with Crippen molar-refractivity contribution >= 4 is 5.69 Å². The molecule has 1 aromatic carbocycles. The van der Waals surface area contributed by atoms with E-state index in [1.165, 1.54) is 30.5 Å². The predicted molar refractivity (Wildman–Crippen MR) is 82.5 cm³/mol. The van der Waals surface area contributed by atoms with E-state index in [9.17, 15) is 5.11 Å². The summed E-state index contributed by atoms with van der Waals surface area (Å²) in [5.41, 5.74) is 2.36. The fourth-order valence-corrected chi connectivity index (χ4v) is 2.85. The molecule has 1 atom stereocenters. The van der Waals surface area contributed by atoms with Gasteiger partial charge in [-0.3, -0.25) is 0 Å². The molecule has 20 heavy (non-hydrogen) atoms. The summed E-state index contributed by atoms with van der Waals surface area (Å²) in [4.78, 5) is 2.34. The Kier molecular flexibility index (Phi) is 5.26.